The maximum atomic E-state index is 4.03. The summed E-state index contributed by atoms with van der Waals surface area (Å²) >= 11 is 0. The lowest BCUT2D eigenvalue weighted by Crippen LogP contribution is -2.09. The molecule has 0 N–H and O–H groups in total. The fraction of sp³-hybridized carbons (Fsp3) is 0.556. The van der Waals surface area contributed by atoms with Crippen LogP contribution in [0.4, 0.5) is 0 Å². The van der Waals surface area contributed by atoms with Gasteiger partial charge in [-0.1, -0.05) is 42.5 Å². The van der Waals surface area contributed by atoms with Crippen LogP contribution >= 0.6 is 0 Å². The van der Waals surface area contributed by atoms with E-state index in [-0.39, 0.29) is 0 Å². The highest BCUT2D eigenvalue weighted by Gasteiger charge is 2.40. The van der Waals surface area contributed by atoms with Crippen LogP contribution in [0.5, 0.6) is 0 Å². The molecule has 0 aromatic rings. The molecule has 0 aromatic heterocycles. The van der Waals surface area contributed by atoms with Gasteiger partial charge in [0.05, 0.1) is 0 Å². The predicted molar refractivity (Wildman–Crippen MR) is 78.2 cm³/mol. The highest BCUT2D eigenvalue weighted by molar-refractivity contribution is 5.16. The van der Waals surface area contributed by atoms with E-state index in [1.807, 2.05) is 0 Å². The lowest BCUT2D eigenvalue weighted by atomic mass is 9.88. The van der Waals surface area contributed by atoms with E-state index in [1.165, 1.54) is 32.1 Å². The molecule has 3 aliphatic rings. The van der Waals surface area contributed by atoms with Gasteiger partial charge in [0.15, 0.2) is 0 Å². The van der Waals surface area contributed by atoms with Crippen molar-refractivity contribution in [1.29, 1.82) is 0 Å². The molecular formula is C18H24. The summed E-state index contributed by atoms with van der Waals surface area (Å²) in [5.41, 5.74) is 0. The van der Waals surface area contributed by atoms with Crippen molar-refractivity contribution >= 4 is 0 Å². The predicted octanol–water partition coefficient (Wildman–Crippen LogP) is 4.91. The van der Waals surface area contributed by atoms with Crippen LogP contribution < -0.4 is 0 Å². The summed E-state index contributed by atoms with van der Waals surface area (Å²) in [5, 5.41) is 0. The number of hydrogen-bond acceptors (Lipinski definition) is 0. The standard InChI is InChI=1S/C18H24/c1-2-15-13-16(18-10-6-9-17(15)18)12-11-14-7-4-3-5-8-14/h2-4,6,10-12,14-18H,1,5,7-9,13H2/b12-11+. The highest BCUT2D eigenvalue weighted by atomic mass is 14.4. The first kappa shape index (κ1) is 12.0. The Labute approximate surface area is 111 Å². The molecule has 18 heavy (non-hydrogen) atoms. The summed E-state index contributed by atoms with van der Waals surface area (Å²) in [6, 6.07) is 0. The van der Waals surface area contributed by atoms with Gasteiger partial charge in [-0.15, -0.1) is 6.58 Å². The van der Waals surface area contributed by atoms with Crippen molar-refractivity contribution in [2.45, 2.75) is 32.1 Å². The minimum Gasteiger partial charge on any atom is -0.103 e. The summed E-state index contributed by atoms with van der Waals surface area (Å²) in [5.74, 6) is 3.95. The first-order valence-electron chi connectivity index (χ1n) is 7.51. The van der Waals surface area contributed by atoms with E-state index in [1.54, 1.807) is 0 Å². The fourth-order valence-corrected chi connectivity index (χ4v) is 4.03. The second-order valence-electron chi connectivity index (χ2n) is 6.13. The average molecular weight is 240 g/mol. The van der Waals surface area contributed by atoms with Gasteiger partial charge < -0.3 is 0 Å². The molecule has 1 saturated carbocycles. The second-order valence-corrected chi connectivity index (χ2v) is 6.13. The minimum atomic E-state index is 0.742. The Hall–Kier alpha value is -1.04. The molecule has 0 saturated heterocycles. The Balaban J connectivity index is 1.65. The van der Waals surface area contributed by atoms with Crippen LogP contribution in [-0.2, 0) is 0 Å². The summed E-state index contributed by atoms with van der Waals surface area (Å²) in [4.78, 5) is 0. The molecule has 0 spiro atoms. The van der Waals surface area contributed by atoms with E-state index in [4.69, 9.17) is 0 Å². The Morgan fingerprint density at radius 3 is 2.72 bits per heavy atom. The van der Waals surface area contributed by atoms with Gasteiger partial charge in [-0.2, -0.15) is 0 Å². The van der Waals surface area contributed by atoms with Crippen molar-refractivity contribution < 1.29 is 0 Å². The Morgan fingerprint density at radius 2 is 1.94 bits per heavy atom. The van der Waals surface area contributed by atoms with Crippen LogP contribution in [0.1, 0.15) is 32.1 Å². The lowest BCUT2D eigenvalue weighted by Gasteiger charge is -2.17. The Kier molecular flexibility index (Phi) is 3.54. The molecule has 5 atom stereocenters. The number of hydrogen-bond donors (Lipinski definition) is 0. The van der Waals surface area contributed by atoms with Crippen molar-refractivity contribution in [3.8, 4) is 0 Å². The van der Waals surface area contributed by atoms with E-state index in [0.29, 0.717) is 0 Å². The normalized spacial score (nSPS) is 42.6. The highest BCUT2D eigenvalue weighted by Crippen LogP contribution is 2.48. The zero-order valence-electron chi connectivity index (χ0n) is 11.2. The summed E-state index contributed by atoms with van der Waals surface area (Å²) in [7, 11) is 0. The first-order chi connectivity index (χ1) is 8.88. The zero-order chi connectivity index (χ0) is 12.4. The molecular weight excluding hydrogens is 216 g/mol. The molecule has 0 heteroatoms. The van der Waals surface area contributed by atoms with Gasteiger partial charge in [0.25, 0.3) is 0 Å². The van der Waals surface area contributed by atoms with Crippen LogP contribution in [0.3, 0.4) is 0 Å². The largest absolute Gasteiger partial charge is 0.103 e. The number of fused-ring (bicyclic) bond motifs is 1. The quantitative estimate of drug-likeness (QED) is 0.615. The fourth-order valence-electron chi connectivity index (χ4n) is 4.03. The third-order valence-electron chi connectivity index (χ3n) is 5.09. The number of rotatable bonds is 3. The molecule has 96 valence electrons. The molecule has 5 unspecified atom stereocenters. The first-order valence-corrected chi connectivity index (χ1v) is 7.51. The van der Waals surface area contributed by atoms with Crippen molar-refractivity contribution in [2.75, 3.05) is 0 Å². The molecule has 3 rings (SSSR count). The molecule has 0 radical (unpaired) electrons. The van der Waals surface area contributed by atoms with Gasteiger partial charge >= 0.3 is 0 Å². The molecule has 0 amide bonds. The maximum Gasteiger partial charge on any atom is -0.0133 e. The average Bonchev–Trinajstić information content (AvgIpc) is 3.00. The van der Waals surface area contributed by atoms with Gasteiger partial charge in [0.2, 0.25) is 0 Å². The van der Waals surface area contributed by atoms with Crippen molar-refractivity contribution in [3.63, 3.8) is 0 Å². The summed E-state index contributed by atoms with van der Waals surface area (Å²) in [6.07, 6.45) is 23.2. The van der Waals surface area contributed by atoms with Crippen molar-refractivity contribution in [3.05, 3.63) is 49.1 Å². The molecule has 0 bridgehead atoms. The van der Waals surface area contributed by atoms with E-state index in [2.05, 4.69) is 49.1 Å². The maximum absolute atomic E-state index is 4.03. The second kappa shape index (κ2) is 5.30. The summed E-state index contributed by atoms with van der Waals surface area (Å²) < 4.78 is 0. The van der Waals surface area contributed by atoms with Gasteiger partial charge in [-0.05, 0) is 61.7 Å². The molecule has 0 aliphatic heterocycles. The molecule has 3 aliphatic carbocycles. The molecule has 1 fully saturated rings. The van der Waals surface area contributed by atoms with Crippen LogP contribution in [-0.4, -0.2) is 0 Å². The summed E-state index contributed by atoms with van der Waals surface area (Å²) in [6.45, 7) is 4.03. The van der Waals surface area contributed by atoms with E-state index < -0.39 is 0 Å². The van der Waals surface area contributed by atoms with Gasteiger partial charge in [0.1, 0.15) is 0 Å². The van der Waals surface area contributed by atoms with E-state index in [9.17, 15) is 0 Å². The topological polar surface area (TPSA) is 0 Å². The zero-order valence-corrected chi connectivity index (χ0v) is 11.2. The van der Waals surface area contributed by atoms with Crippen LogP contribution in [0, 0.1) is 29.6 Å². The number of allylic oxidation sites excluding steroid dienone is 7. The third kappa shape index (κ3) is 2.25. The Bertz CT molecular complexity index is 385. The monoisotopic (exact) mass is 240 g/mol. The van der Waals surface area contributed by atoms with E-state index >= 15 is 0 Å². The molecule has 0 heterocycles. The van der Waals surface area contributed by atoms with Gasteiger partial charge in [-0.25, -0.2) is 0 Å². The van der Waals surface area contributed by atoms with Crippen LogP contribution in [0.2, 0.25) is 0 Å². The van der Waals surface area contributed by atoms with Crippen LogP contribution in [0.25, 0.3) is 0 Å². The Morgan fingerprint density at radius 1 is 1.00 bits per heavy atom. The van der Waals surface area contributed by atoms with Gasteiger partial charge in [-0.3, -0.25) is 0 Å². The van der Waals surface area contributed by atoms with Crippen molar-refractivity contribution in [1.82, 2.24) is 0 Å². The lowest BCUT2D eigenvalue weighted by molar-refractivity contribution is 0.413. The van der Waals surface area contributed by atoms with E-state index in [0.717, 1.165) is 29.6 Å². The van der Waals surface area contributed by atoms with Crippen molar-refractivity contribution in [2.24, 2.45) is 29.6 Å². The minimum absolute atomic E-state index is 0.742. The molecule has 0 nitrogen and oxygen atoms in total. The smallest absolute Gasteiger partial charge is 0.0133 e. The van der Waals surface area contributed by atoms with Gasteiger partial charge in [0, 0.05) is 0 Å². The third-order valence-corrected chi connectivity index (χ3v) is 5.09. The van der Waals surface area contributed by atoms with Crippen LogP contribution in [0.15, 0.2) is 49.1 Å². The SMILES string of the molecule is C=CC1CC(/C=C/C2CC=CCC2)C2C=CCC12. The molecule has 0 aromatic carbocycles.